The van der Waals surface area contributed by atoms with E-state index in [4.69, 9.17) is 10.8 Å². The summed E-state index contributed by atoms with van der Waals surface area (Å²) in [7, 11) is 0. The van der Waals surface area contributed by atoms with Gasteiger partial charge in [-0.2, -0.15) is 0 Å². The Labute approximate surface area is 130 Å². The molecule has 0 saturated heterocycles. The Hall–Kier alpha value is -0.640. The van der Waals surface area contributed by atoms with Crippen LogP contribution in [0.3, 0.4) is 0 Å². The fourth-order valence-corrected chi connectivity index (χ4v) is 2.11. The van der Waals surface area contributed by atoms with Crippen molar-refractivity contribution in [2.75, 3.05) is 6.61 Å². The normalized spacial score (nSPS) is 15.0. The zero-order chi connectivity index (χ0) is 15.8. The highest BCUT2D eigenvalue weighted by Crippen LogP contribution is 2.07. The maximum Gasteiger partial charge on any atom is 0.0894 e. The molecule has 0 heterocycles. The number of hydrogen-bond acceptors (Lipinski definition) is 3. The van der Waals surface area contributed by atoms with Crippen molar-refractivity contribution in [3.63, 3.8) is 0 Å². The number of rotatable bonds is 14. The summed E-state index contributed by atoms with van der Waals surface area (Å²) in [6.07, 6.45) is 19.9. The van der Waals surface area contributed by atoms with Gasteiger partial charge in [-0.3, -0.25) is 0 Å². The average molecular weight is 297 g/mol. The Morgan fingerprint density at radius 3 is 1.90 bits per heavy atom. The SMILES string of the molecule is CCCCCCC=CCCCCCC=CC(O)C(N)CO. The molecule has 0 aliphatic rings. The van der Waals surface area contributed by atoms with Crippen LogP contribution < -0.4 is 5.73 Å². The molecule has 0 radical (unpaired) electrons. The van der Waals surface area contributed by atoms with Gasteiger partial charge >= 0.3 is 0 Å². The molecule has 0 aromatic heterocycles. The summed E-state index contributed by atoms with van der Waals surface area (Å²) < 4.78 is 0. The van der Waals surface area contributed by atoms with E-state index in [2.05, 4.69) is 19.1 Å². The highest BCUT2D eigenvalue weighted by Gasteiger charge is 2.08. The molecule has 0 rings (SSSR count). The summed E-state index contributed by atoms with van der Waals surface area (Å²) in [5.41, 5.74) is 5.50. The van der Waals surface area contributed by atoms with Gasteiger partial charge in [-0.1, -0.05) is 56.9 Å². The molecule has 0 spiro atoms. The van der Waals surface area contributed by atoms with Crippen LogP contribution in [0.1, 0.15) is 71.1 Å². The summed E-state index contributed by atoms with van der Waals surface area (Å²) in [5.74, 6) is 0. The van der Waals surface area contributed by atoms with E-state index in [1.54, 1.807) is 6.08 Å². The third-order valence-electron chi connectivity index (χ3n) is 3.62. The number of hydrogen-bond donors (Lipinski definition) is 3. The molecular formula is C18H35NO2. The second kappa shape index (κ2) is 15.7. The number of unbranched alkanes of at least 4 members (excludes halogenated alkanes) is 8. The topological polar surface area (TPSA) is 66.5 Å². The van der Waals surface area contributed by atoms with E-state index in [-0.39, 0.29) is 6.61 Å². The fourth-order valence-electron chi connectivity index (χ4n) is 2.11. The van der Waals surface area contributed by atoms with Crippen molar-refractivity contribution in [3.8, 4) is 0 Å². The summed E-state index contributed by atoms with van der Waals surface area (Å²) in [6, 6.07) is -0.566. The molecule has 124 valence electrons. The van der Waals surface area contributed by atoms with Crippen LogP contribution in [0.15, 0.2) is 24.3 Å². The Morgan fingerprint density at radius 1 is 0.857 bits per heavy atom. The minimum absolute atomic E-state index is 0.184. The molecule has 0 aliphatic heterocycles. The van der Waals surface area contributed by atoms with E-state index < -0.39 is 12.1 Å². The van der Waals surface area contributed by atoms with E-state index in [9.17, 15) is 5.11 Å². The van der Waals surface area contributed by atoms with Crippen LogP contribution >= 0.6 is 0 Å². The molecule has 2 atom stereocenters. The lowest BCUT2D eigenvalue weighted by Gasteiger charge is -2.11. The third-order valence-corrected chi connectivity index (χ3v) is 3.62. The van der Waals surface area contributed by atoms with Crippen molar-refractivity contribution >= 4 is 0 Å². The van der Waals surface area contributed by atoms with Crippen molar-refractivity contribution in [1.82, 2.24) is 0 Å². The first-order valence-electron chi connectivity index (χ1n) is 8.58. The highest BCUT2D eigenvalue weighted by atomic mass is 16.3. The van der Waals surface area contributed by atoms with Gasteiger partial charge in [0, 0.05) is 0 Å². The van der Waals surface area contributed by atoms with Crippen molar-refractivity contribution in [2.24, 2.45) is 5.73 Å². The predicted molar refractivity (Wildman–Crippen MR) is 91.2 cm³/mol. The molecule has 3 heteroatoms. The summed E-state index contributed by atoms with van der Waals surface area (Å²) in [5, 5.41) is 18.3. The standard InChI is InChI=1S/C18H35NO2/c1-2-3-4-5-6-7-8-9-10-11-12-13-14-15-18(21)17(19)16-20/h7-8,14-15,17-18,20-21H,2-6,9-13,16,19H2,1H3. The molecule has 0 aromatic rings. The van der Waals surface area contributed by atoms with E-state index >= 15 is 0 Å². The molecule has 0 saturated carbocycles. The lowest BCUT2D eigenvalue weighted by molar-refractivity contribution is 0.144. The quantitative estimate of drug-likeness (QED) is 0.338. The second-order valence-corrected chi connectivity index (χ2v) is 5.72. The van der Waals surface area contributed by atoms with Crippen molar-refractivity contribution < 1.29 is 10.2 Å². The zero-order valence-electron chi connectivity index (χ0n) is 13.7. The van der Waals surface area contributed by atoms with Gasteiger partial charge in [0.05, 0.1) is 18.8 Å². The summed E-state index contributed by atoms with van der Waals surface area (Å²) in [4.78, 5) is 0. The minimum atomic E-state index is -0.731. The molecule has 0 aliphatic carbocycles. The number of nitrogens with two attached hydrogens (primary N) is 1. The number of aliphatic hydroxyl groups is 2. The van der Waals surface area contributed by atoms with Crippen molar-refractivity contribution in [3.05, 3.63) is 24.3 Å². The molecule has 4 N–H and O–H groups in total. The van der Waals surface area contributed by atoms with Gasteiger partial charge in [-0.25, -0.2) is 0 Å². The zero-order valence-corrected chi connectivity index (χ0v) is 13.7. The Morgan fingerprint density at radius 2 is 1.38 bits per heavy atom. The van der Waals surface area contributed by atoms with Crippen molar-refractivity contribution in [2.45, 2.75) is 83.3 Å². The van der Waals surface area contributed by atoms with Gasteiger partial charge in [0.2, 0.25) is 0 Å². The first-order chi connectivity index (χ1) is 10.2. The third kappa shape index (κ3) is 14.1. The van der Waals surface area contributed by atoms with Crippen LogP contribution in [0.25, 0.3) is 0 Å². The molecular weight excluding hydrogens is 262 g/mol. The van der Waals surface area contributed by atoms with Crippen LogP contribution in [-0.2, 0) is 0 Å². The Kier molecular flexibility index (Phi) is 15.3. The molecule has 3 nitrogen and oxygen atoms in total. The first-order valence-corrected chi connectivity index (χ1v) is 8.58. The highest BCUT2D eigenvalue weighted by molar-refractivity contribution is 4.93. The molecule has 2 unspecified atom stereocenters. The van der Waals surface area contributed by atoms with Gasteiger partial charge in [-0.15, -0.1) is 0 Å². The molecule has 21 heavy (non-hydrogen) atoms. The Balaban J connectivity index is 3.32. The summed E-state index contributed by atoms with van der Waals surface area (Å²) >= 11 is 0. The van der Waals surface area contributed by atoms with Gasteiger partial charge in [0.15, 0.2) is 0 Å². The van der Waals surface area contributed by atoms with Gasteiger partial charge in [0.25, 0.3) is 0 Å². The lowest BCUT2D eigenvalue weighted by Crippen LogP contribution is -2.36. The number of aliphatic hydroxyl groups excluding tert-OH is 2. The molecule has 0 bridgehead atoms. The monoisotopic (exact) mass is 297 g/mol. The van der Waals surface area contributed by atoms with Crippen LogP contribution in [0.5, 0.6) is 0 Å². The fraction of sp³-hybridized carbons (Fsp3) is 0.778. The van der Waals surface area contributed by atoms with Gasteiger partial charge in [-0.05, 0) is 38.5 Å². The first kappa shape index (κ1) is 20.4. The van der Waals surface area contributed by atoms with E-state index in [0.717, 1.165) is 12.8 Å². The van der Waals surface area contributed by atoms with Crippen LogP contribution in [-0.4, -0.2) is 29.0 Å². The molecule has 0 amide bonds. The van der Waals surface area contributed by atoms with Crippen LogP contribution in [0.4, 0.5) is 0 Å². The van der Waals surface area contributed by atoms with Crippen LogP contribution in [0.2, 0.25) is 0 Å². The van der Waals surface area contributed by atoms with E-state index in [1.165, 1.54) is 51.4 Å². The van der Waals surface area contributed by atoms with Crippen LogP contribution in [0, 0.1) is 0 Å². The van der Waals surface area contributed by atoms with Crippen molar-refractivity contribution in [1.29, 1.82) is 0 Å². The number of allylic oxidation sites excluding steroid dienone is 3. The maximum atomic E-state index is 9.51. The summed E-state index contributed by atoms with van der Waals surface area (Å²) in [6.45, 7) is 2.06. The van der Waals surface area contributed by atoms with E-state index in [1.807, 2.05) is 6.08 Å². The molecule has 0 aromatic carbocycles. The predicted octanol–water partition coefficient (Wildman–Crippen LogP) is 3.70. The maximum absolute atomic E-state index is 9.51. The average Bonchev–Trinajstić information content (AvgIpc) is 2.50. The smallest absolute Gasteiger partial charge is 0.0894 e. The lowest BCUT2D eigenvalue weighted by atomic mass is 10.1. The van der Waals surface area contributed by atoms with Gasteiger partial charge < -0.3 is 15.9 Å². The second-order valence-electron chi connectivity index (χ2n) is 5.72. The van der Waals surface area contributed by atoms with Gasteiger partial charge in [0.1, 0.15) is 0 Å². The largest absolute Gasteiger partial charge is 0.395 e. The van der Waals surface area contributed by atoms with E-state index in [0.29, 0.717) is 0 Å². The Bertz CT molecular complexity index is 264. The minimum Gasteiger partial charge on any atom is -0.395 e. The molecule has 0 fully saturated rings.